The van der Waals surface area contributed by atoms with Gasteiger partial charge in [0, 0.05) is 6.42 Å². The number of nitrogens with zero attached hydrogens (tertiary/aromatic N) is 3. The Morgan fingerprint density at radius 1 is 1.27 bits per heavy atom. The third-order valence-corrected chi connectivity index (χ3v) is 3.60. The van der Waals surface area contributed by atoms with Gasteiger partial charge >= 0.3 is 0 Å². The highest BCUT2D eigenvalue weighted by Crippen LogP contribution is 2.33. The molecule has 1 heterocycles. The van der Waals surface area contributed by atoms with Gasteiger partial charge in [-0.3, -0.25) is 0 Å². The predicted molar refractivity (Wildman–Crippen MR) is 86.9 cm³/mol. The fraction of sp³-hybridized carbons (Fsp3) is 0.125. The maximum Gasteiger partial charge on any atom is 0.176 e. The first kappa shape index (κ1) is 14.4. The van der Waals surface area contributed by atoms with E-state index in [1.54, 1.807) is 10.9 Å². The van der Waals surface area contributed by atoms with Crippen molar-refractivity contribution in [3.05, 3.63) is 52.8 Å². The number of fused-ring (bicyclic) bond motifs is 1. The first-order valence-corrected chi connectivity index (χ1v) is 7.20. The smallest absolute Gasteiger partial charge is 0.176 e. The fourth-order valence-electron chi connectivity index (χ4n) is 2.22. The number of phenols is 2. The van der Waals surface area contributed by atoms with Crippen molar-refractivity contribution in [2.45, 2.75) is 13.3 Å². The van der Waals surface area contributed by atoms with Crippen molar-refractivity contribution >= 4 is 28.8 Å². The highest BCUT2D eigenvalue weighted by atomic mass is 35.5. The van der Waals surface area contributed by atoms with Crippen LogP contribution in [0.4, 0.5) is 0 Å². The minimum atomic E-state index is -0.332. The van der Waals surface area contributed by atoms with E-state index in [9.17, 15) is 10.2 Å². The zero-order valence-electron chi connectivity index (χ0n) is 11.9. The number of hydrogen-bond donors (Lipinski definition) is 2. The van der Waals surface area contributed by atoms with E-state index in [1.807, 2.05) is 31.2 Å². The molecule has 0 aliphatic heterocycles. The topological polar surface area (TPSA) is 70.6 Å². The molecule has 22 heavy (non-hydrogen) atoms. The summed E-state index contributed by atoms with van der Waals surface area (Å²) in [5.74, 6) is 0.229. The summed E-state index contributed by atoms with van der Waals surface area (Å²) in [5.41, 5.74) is 2.37. The second kappa shape index (κ2) is 5.69. The lowest BCUT2D eigenvalue weighted by molar-refractivity contribution is 0.404. The number of aryl methyl sites for hydroxylation is 1. The van der Waals surface area contributed by atoms with Crippen LogP contribution in [0.5, 0.6) is 11.5 Å². The zero-order valence-corrected chi connectivity index (χ0v) is 12.6. The van der Waals surface area contributed by atoms with Crippen molar-refractivity contribution in [1.82, 2.24) is 9.66 Å². The molecule has 2 N–H and O–H groups in total. The summed E-state index contributed by atoms with van der Waals surface area (Å²) in [6.07, 6.45) is 2.31. The first-order valence-electron chi connectivity index (χ1n) is 6.82. The summed E-state index contributed by atoms with van der Waals surface area (Å²) in [7, 11) is 0. The molecule has 3 rings (SSSR count). The maximum absolute atomic E-state index is 9.60. The van der Waals surface area contributed by atoms with Gasteiger partial charge < -0.3 is 10.2 Å². The van der Waals surface area contributed by atoms with Crippen LogP contribution in [0.1, 0.15) is 18.3 Å². The highest BCUT2D eigenvalue weighted by molar-refractivity contribution is 6.32. The van der Waals surface area contributed by atoms with Crippen LogP contribution >= 0.6 is 11.6 Å². The Morgan fingerprint density at radius 3 is 2.77 bits per heavy atom. The van der Waals surface area contributed by atoms with Crippen LogP contribution in [0.2, 0.25) is 5.02 Å². The van der Waals surface area contributed by atoms with Crippen LogP contribution in [0, 0.1) is 0 Å². The van der Waals surface area contributed by atoms with E-state index in [0.717, 1.165) is 23.3 Å². The molecule has 0 aliphatic carbocycles. The van der Waals surface area contributed by atoms with Gasteiger partial charge in [0.25, 0.3) is 0 Å². The molecule has 6 heteroatoms. The number of imidazole rings is 1. The second-order valence-corrected chi connectivity index (χ2v) is 5.20. The predicted octanol–water partition coefficient (Wildman–Crippen LogP) is 3.55. The molecule has 0 saturated heterocycles. The molecule has 0 bridgehead atoms. The van der Waals surface area contributed by atoms with Gasteiger partial charge in [-0.15, -0.1) is 0 Å². The maximum atomic E-state index is 9.60. The monoisotopic (exact) mass is 315 g/mol. The molecular formula is C16H14ClN3O2. The number of rotatable bonds is 3. The van der Waals surface area contributed by atoms with Gasteiger partial charge in [0.2, 0.25) is 0 Å². The molecule has 0 fully saturated rings. The average molecular weight is 316 g/mol. The van der Waals surface area contributed by atoms with Crippen LogP contribution in [-0.4, -0.2) is 26.1 Å². The van der Waals surface area contributed by atoms with Gasteiger partial charge in [0.15, 0.2) is 11.5 Å². The summed E-state index contributed by atoms with van der Waals surface area (Å²) in [4.78, 5) is 4.53. The molecule has 112 valence electrons. The summed E-state index contributed by atoms with van der Waals surface area (Å²) >= 11 is 5.84. The van der Waals surface area contributed by atoms with E-state index in [4.69, 9.17) is 11.6 Å². The van der Waals surface area contributed by atoms with Crippen molar-refractivity contribution in [1.29, 1.82) is 0 Å². The summed E-state index contributed by atoms with van der Waals surface area (Å²) in [5, 5.41) is 23.6. The molecule has 0 aliphatic rings. The largest absolute Gasteiger partial charge is 0.504 e. The van der Waals surface area contributed by atoms with Crippen molar-refractivity contribution in [3.8, 4) is 11.5 Å². The van der Waals surface area contributed by atoms with E-state index in [1.165, 1.54) is 12.1 Å². The SMILES string of the molecule is CCc1nc2ccccc2n1N=Cc1cc(O)c(O)c(Cl)c1. The lowest BCUT2D eigenvalue weighted by Gasteiger charge is -2.03. The zero-order chi connectivity index (χ0) is 15.7. The minimum absolute atomic E-state index is 0.0765. The van der Waals surface area contributed by atoms with Crippen LogP contribution < -0.4 is 0 Å². The molecule has 0 saturated carbocycles. The fourth-order valence-corrected chi connectivity index (χ4v) is 2.45. The Kier molecular flexibility index (Phi) is 3.73. The Bertz CT molecular complexity index is 848. The number of aromatic nitrogens is 2. The van der Waals surface area contributed by atoms with Crippen LogP contribution in [0.25, 0.3) is 11.0 Å². The van der Waals surface area contributed by atoms with E-state index in [0.29, 0.717) is 5.56 Å². The van der Waals surface area contributed by atoms with Gasteiger partial charge in [-0.1, -0.05) is 30.7 Å². The lowest BCUT2D eigenvalue weighted by atomic mass is 10.2. The molecule has 0 radical (unpaired) electrons. The van der Waals surface area contributed by atoms with Crippen LogP contribution in [-0.2, 0) is 6.42 Å². The molecule has 0 atom stereocenters. The number of benzene rings is 2. The summed E-state index contributed by atoms with van der Waals surface area (Å²) < 4.78 is 1.76. The van der Waals surface area contributed by atoms with E-state index in [2.05, 4.69) is 10.1 Å². The second-order valence-electron chi connectivity index (χ2n) is 4.80. The Hall–Kier alpha value is -2.53. The van der Waals surface area contributed by atoms with Gasteiger partial charge in [0.1, 0.15) is 5.82 Å². The van der Waals surface area contributed by atoms with Gasteiger partial charge in [-0.25, -0.2) is 9.66 Å². The van der Waals surface area contributed by atoms with Gasteiger partial charge in [-0.2, -0.15) is 5.10 Å². The molecule has 0 amide bonds. The number of hydrogen-bond acceptors (Lipinski definition) is 4. The lowest BCUT2D eigenvalue weighted by Crippen LogP contribution is -1.97. The van der Waals surface area contributed by atoms with E-state index in [-0.39, 0.29) is 16.5 Å². The standard InChI is InChI=1S/C16H14ClN3O2/c1-2-15-19-12-5-3-4-6-13(12)20(15)18-9-10-7-11(17)16(22)14(21)8-10/h3-9,21-22H,2H2,1H3. The Balaban J connectivity index is 2.06. The number of aromatic hydroxyl groups is 2. The molecule has 1 aromatic heterocycles. The Labute approximate surface area is 132 Å². The van der Waals surface area contributed by atoms with Crippen molar-refractivity contribution < 1.29 is 10.2 Å². The quantitative estimate of drug-likeness (QED) is 0.573. The third kappa shape index (κ3) is 2.51. The van der Waals surface area contributed by atoms with Gasteiger partial charge in [0.05, 0.1) is 22.3 Å². The molecule has 5 nitrogen and oxygen atoms in total. The minimum Gasteiger partial charge on any atom is -0.504 e. The molecule has 3 aromatic rings. The molecule has 2 aromatic carbocycles. The summed E-state index contributed by atoms with van der Waals surface area (Å²) in [6.45, 7) is 2.01. The number of halogens is 1. The molecular weight excluding hydrogens is 302 g/mol. The van der Waals surface area contributed by atoms with E-state index >= 15 is 0 Å². The molecule has 0 spiro atoms. The van der Waals surface area contributed by atoms with Crippen LogP contribution in [0.3, 0.4) is 0 Å². The number of phenolic OH excluding ortho intramolecular Hbond substituents is 2. The third-order valence-electron chi connectivity index (χ3n) is 3.31. The number of para-hydroxylation sites is 2. The van der Waals surface area contributed by atoms with Crippen molar-refractivity contribution in [2.75, 3.05) is 0 Å². The highest BCUT2D eigenvalue weighted by Gasteiger charge is 2.09. The van der Waals surface area contributed by atoms with Crippen LogP contribution in [0.15, 0.2) is 41.5 Å². The van der Waals surface area contributed by atoms with Gasteiger partial charge in [-0.05, 0) is 29.8 Å². The van der Waals surface area contributed by atoms with E-state index < -0.39 is 0 Å². The normalized spacial score (nSPS) is 11.5. The summed E-state index contributed by atoms with van der Waals surface area (Å²) in [6, 6.07) is 10.7. The van der Waals surface area contributed by atoms with Crippen molar-refractivity contribution in [3.63, 3.8) is 0 Å². The first-order chi connectivity index (χ1) is 10.6. The van der Waals surface area contributed by atoms with Crippen molar-refractivity contribution in [2.24, 2.45) is 5.10 Å². The Morgan fingerprint density at radius 2 is 2.05 bits per heavy atom. The average Bonchev–Trinajstić information content (AvgIpc) is 2.88. The molecule has 0 unspecified atom stereocenters.